The van der Waals surface area contributed by atoms with Crippen molar-refractivity contribution in [3.8, 4) is 5.75 Å². The minimum atomic E-state index is -0.363. The Kier molecular flexibility index (Phi) is 3.59. The fourth-order valence-electron chi connectivity index (χ4n) is 2.36. The van der Waals surface area contributed by atoms with Crippen LogP contribution in [0, 0.1) is 6.92 Å². The molecule has 1 heterocycles. The first-order valence-electron chi connectivity index (χ1n) is 6.51. The summed E-state index contributed by atoms with van der Waals surface area (Å²) in [6, 6.07) is 11.4. The van der Waals surface area contributed by atoms with E-state index in [4.69, 9.17) is 9.15 Å². The van der Waals surface area contributed by atoms with Crippen molar-refractivity contribution in [1.29, 1.82) is 0 Å². The average molecular weight is 348 g/mol. The number of hydrogen-bond donors (Lipinski definition) is 0. The van der Waals surface area contributed by atoms with Gasteiger partial charge >= 0.3 is 5.76 Å². The Bertz CT molecular complexity index is 864. The summed E-state index contributed by atoms with van der Waals surface area (Å²) in [5, 5.41) is 0. The van der Waals surface area contributed by atoms with Gasteiger partial charge in [0.2, 0.25) is 0 Å². The number of rotatable bonds is 3. The van der Waals surface area contributed by atoms with Crippen molar-refractivity contribution in [2.75, 3.05) is 7.11 Å². The molecule has 0 amide bonds. The molecule has 4 nitrogen and oxygen atoms in total. The molecule has 0 aliphatic rings. The van der Waals surface area contributed by atoms with Crippen LogP contribution in [0.15, 0.2) is 50.1 Å². The quantitative estimate of drug-likeness (QED) is 0.725. The molecule has 0 radical (unpaired) electrons. The van der Waals surface area contributed by atoms with E-state index in [1.807, 2.05) is 43.3 Å². The molecule has 3 aromatic rings. The predicted octanol–water partition coefficient (Wildman–Crippen LogP) is 3.72. The first-order valence-corrected chi connectivity index (χ1v) is 7.30. The lowest BCUT2D eigenvalue weighted by atomic mass is 10.2. The van der Waals surface area contributed by atoms with Gasteiger partial charge in [0.1, 0.15) is 5.75 Å². The molecule has 0 aliphatic carbocycles. The van der Waals surface area contributed by atoms with Gasteiger partial charge in [0, 0.05) is 10.0 Å². The molecular formula is C16H14BrNO3. The molecule has 0 saturated heterocycles. The van der Waals surface area contributed by atoms with E-state index in [1.54, 1.807) is 11.7 Å². The number of methoxy groups -OCH3 is 1. The van der Waals surface area contributed by atoms with Crippen LogP contribution in [0.3, 0.4) is 0 Å². The molecule has 3 rings (SSSR count). The highest BCUT2D eigenvalue weighted by Gasteiger charge is 2.12. The topological polar surface area (TPSA) is 44.4 Å². The molecule has 0 bridgehead atoms. The summed E-state index contributed by atoms with van der Waals surface area (Å²) in [4.78, 5) is 12.1. The van der Waals surface area contributed by atoms with Crippen LogP contribution in [-0.4, -0.2) is 11.7 Å². The number of aromatic nitrogens is 1. The summed E-state index contributed by atoms with van der Waals surface area (Å²) in [5.41, 5.74) is 3.39. The maximum atomic E-state index is 12.1. The molecule has 108 valence electrons. The number of fused-ring (bicyclic) bond motifs is 1. The first-order chi connectivity index (χ1) is 10.1. The summed E-state index contributed by atoms with van der Waals surface area (Å²) in [6.07, 6.45) is 0. The van der Waals surface area contributed by atoms with Gasteiger partial charge in [-0.1, -0.05) is 22.0 Å². The van der Waals surface area contributed by atoms with Crippen molar-refractivity contribution >= 4 is 27.0 Å². The fraction of sp³-hybridized carbons (Fsp3) is 0.188. The van der Waals surface area contributed by atoms with E-state index in [1.165, 1.54) is 0 Å². The Morgan fingerprint density at radius 1 is 1.24 bits per heavy atom. The van der Waals surface area contributed by atoms with Gasteiger partial charge in [-0.15, -0.1) is 0 Å². The maximum absolute atomic E-state index is 12.1. The third-order valence-electron chi connectivity index (χ3n) is 3.39. The number of nitrogens with zero attached hydrogens (tertiary/aromatic N) is 1. The van der Waals surface area contributed by atoms with Crippen molar-refractivity contribution < 1.29 is 9.15 Å². The monoisotopic (exact) mass is 347 g/mol. The molecule has 0 atom stereocenters. The zero-order valence-electron chi connectivity index (χ0n) is 11.7. The predicted molar refractivity (Wildman–Crippen MR) is 85.0 cm³/mol. The van der Waals surface area contributed by atoms with Gasteiger partial charge in [0.05, 0.1) is 19.2 Å². The van der Waals surface area contributed by atoms with E-state index < -0.39 is 0 Å². The Hall–Kier alpha value is -2.01. The molecule has 2 aromatic carbocycles. The van der Waals surface area contributed by atoms with Gasteiger partial charge in [-0.25, -0.2) is 4.79 Å². The zero-order chi connectivity index (χ0) is 15.0. The van der Waals surface area contributed by atoms with E-state index in [9.17, 15) is 4.79 Å². The van der Waals surface area contributed by atoms with Crippen molar-refractivity contribution in [2.45, 2.75) is 13.5 Å². The third kappa shape index (κ3) is 2.61. The second kappa shape index (κ2) is 5.41. The molecule has 21 heavy (non-hydrogen) atoms. The summed E-state index contributed by atoms with van der Waals surface area (Å²) in [5.74, 6) is 0.379. The SMILES string of the molecule is COc1ccc(Br)cc1Cn1c(=O)oc2ccc(C)cc21. The lowest BCUT2D eigenvalue weighted by Gasteiger charge is -2.09. The zero-order valence-corrected chi connectivity index (χ0v) is 13.3. The van der Waals surface area contributed by atoms with Crippen LogP contribution in [-0.2, 0) is 6.54 Å². The Morgan fingerprint density at radius 2 is 2.05 bits per heavy atom. The summed E-state index contributed by atoms with van der Waals surface area (Å²) >= 11 is 3.44. The van der Waals surface area contributed by atoms with Gasteiger partial charge in [0.15, 0.2) is 5.58 Å². The Labute approximate surface area is 130 Å². The Morgan fingerprint density at radius 3 is 2.81 bits per heavy atom. The minimum absolute atomic E-state index is 0.363. The summed E-state index contributed by atoms with van der Waals surface area (Å²) < 4.78 is 13.2. The van der Waals surface area contributed by atoms with Crippen molar-refractivity contribution in [2.24, 2.45) is 0 Å². The normalized spacial score (nSPS) is 11.0. The van der Waals surface area contributed by atoms with Crippen molar-refractivity contribution in [3.63, 3.8) is 0 Å². The molecule has 0 unspecified atom stereocenters. The maximum Gasteiger partial charge on any atom is 0.420 e. The van der Waals surface area contributed by atoms with Crippen molar-refractivity contribution in [1.82, 2.24) is 4.57 Å². The number of aryl methyl sites for hydroxylation is 1. The van der Waals surface area contributed by atoms with Gasteiger partial charge in [-0.2, -0.15) is 0 Å². The summed E-state index contributed by atoms with van der Waals surface area (Å²) in [7, 11) is 1.62. The first kappa shape index (κ1) is 13.9. The molecule has 0 aliphatic heterocycles. The van der Waals surface area contributed by atoms with E-state index in [2.05, 4.69) is 15.9 Å². The molecule has 0 N–H and O–H groups in total. The minimum Gasteiger partial charge on any atom is -0.496 e. The van der Waals surface area contributed by atoms with Crippen LogP contribution < -0.4 is 10.5 Å². The Balaban J connectivity index is 2.14. The van der Waals surface area contributed by atoms with E-state index in [0.717, 1.165) is 26.9 Å². The number of oxazole rings is 1. The molecule has 0 spiro atoms. The second-order valence-electron chi connectivity index (χ2n) is 4.88. The van der Waals surface area contributed by atoms with Crippen LogP contribution in [0.5, 0.6) is 5.75 Å². The lowest BCUT2D eigenvalue weighted by molar-refractivity contribution is 0.407. The fourth-order valence-corrected chi connectivity index (χ4v) is 2.77. The summed E-state index contributed by atoms with van der Waals surface area (Å²) in [6.45, 7) is 2.39. The van der Waals surface area contributed by atoms with Gasteiger partial charge in [-0.3, -0.25) is 4.57 Å². The molecule has 0 saturated carbocycles. The molecule has 0 fully saturated rings. The molecule has 1 aromatic heterocycles. The molecular weight excluding hydrogens is 334 g/mol. The van der Waals surface area contributed by atoms with Gasteiger partial charge in [0.25, 0.3) is 0 Å². The largest absolute Gasteiger partial charge is 0.496 e. The van der Waals surface area contributed by atoms with Crippen LogP contribution in [0.25, 0.3) is 11.1 Å². The van der Waals surface area contributed by atoms with Crippen LogP contribution in [0.2, 0.25) is 0 Å². The number of hydrogen-bond acceptors (Lipinski definition) is 3. The van der Waals surface area contributed by atoms with Crippen LogP contribution in [0.4, 0.5) is 0 Å². The average Bonchev–Trinajstić information content (AvgIpc) is 2.75. The lowest BCUT2D eigenvalue weighted by Crippen LogP contribution is -2.15. The highest BCUT2D eigenvalue weighted by atomic mass is 79.9. The van der Waals surface area contributed by atoms with Crippen LogP contribution >= 0.6 is 15.9 Å². The second-order valence-corrected chi connectivity index (χ2v) is 5.80. The highest BCUT2D eigenvalue weighted by molar-refractivity contribution is 9.10. The van der Waals surface area contributed by atoms with Crippen molar-refractivity contribution in [3.05, 3.63) is 62.5 Å². The van der Waals surface area contributed by atoms with E-state index in [-0.39, 0.29) is 5.76 Å². The number of benzene rings is 2. The highest BCUT2D eigenvalue weighted by Crippen LogP contribution is 2.25. The van der Waals surface area contributed by atoms with Gasteiger partial charge < -0.3 is 9.15 Å². The van der Waals surface area contributed by atoms with Crippen LogP contribution in [0.1, 0.15) is 11.1 Å². The number of halogens is 1. The number of ether oxygens (including phenoxy) is 1. The van der Waals surface area contributed by atoms with Gasteiger partial charge in [-0.05, 0) is 42.8 Å². The standard InChI is InChI=1S/C16H14BrNO3/c1-10-3-5-15-13(7-10)18(16(19)21-15)9-11-8-12(17)4-6-14(11)20-2/h3-8H,9H2,1-2H3. The third-order valence-corrected chi connectivity index (χ3v) is 3.89. The molecule has 5 heteroatoms. The van der Waals surface area contributed by atoms with E-state index >= 15 is 0 Å². The van der Waals surface area contributed by atoms with E-state index in [0.29, 0.717) is 12.1 Å². The smallest absolute Gasteiger partial charge is 0.420 e.